The lowest BCUT2D eigenvalue weighted by atomic mass is 9.97. The molecule has 2 heterocycles. The largest absolute Gasteiger partial charge is 0.340 e. The molecule has 0 radical (unpaired) electrons. The summed E-state index contributed by atoms with van der Waals surface area (Å²) in [6.45, 7) is 4.96. The van der Waals surface area contributed by atoms with Gasteiger partial charge in [0, 0.05) is 45.8 Å². The number of amides is 1. The summed E-state index contributed by atoms with van der Waals surface area (Å²) in [5, 5.41) is 0. The molecule has 0 aliphatic carbocycles. The number of piperidine rings is 1. The molecule has 2 aliphatic rings. The zero-order valence-electron chi connectivity index (χ0n) is 14.8. The predicted octanol–water partition coefficient (Wildman–Crippen LogP) is 1.00. The average Bonchev–Trinajstić information content (AvgIpc) is 2.62. The monoisotopic (exact) mass is 365 g/mol. The molecule has 0 N–H and O–H groups in total. The quantitative estimate of drug-likeness (QED) is 0.799. The Balaban J connectivity index is 1.51. The Labute approximate surface area is 150 Å². The number of carbonyl (C=O) groups excluding carboxylic acids is 1. The summed E-state index contributed by atoms with van der Waals surface area (Å²) in [5.74, 6) is -0.0724. The molecule has 0 unspecified atom stereocenters. The third-order valence-electron chi connectivity index (χ3n) is 5.14. The van der Waals surface area contributed by atoms with Gasteiger partial charge in [0.25, 0.3) is 0 Å². The van der Waals surface area contributed by atoms with E-state index in [0.717, 1.165) is 45.6 Å². The number of rotatable bonds is 4. The first-order valence-electron chi connectivity index (χ1n) is 8.93. The van der Waals surface area contributed by atoms with Crippen molar-refractivity contribution in [1.82, 2.24) is 14.1 Å². The molecule has 0 spiro atoms. The highest BCUT2D eigenvalue weighted by Gasteiger charge is 2.33. The molecule has 1 atom stereocenters. The Kier molecular flexibility index (Phi) is 5.76. The van der Waals surface area contributed by atoms with E-state index in [4.69, 9.17) is 0 Å². The minimum Gasteiger partial charge on any atom is -0.340 e. The summed E-state index contributed by atoms with van der Waals surface area (Å²) in [6.07, 6.45) is 2.77. The van der Waals surface area contributed by atoms with Crippen molar-refractivity contribution >= 4 is 15.9 Å². The van der Waals surface area contributed by atoms with E-state index in [9.17, 15) is 13.2 Å². The summed E-state index contributed by atoms with van der Waals surface area (Å²) < 4.78 is 24.9. The highest BCUT2D eigenvalue weighted by Crippen LogP contribution is 2.21. The van der Waals surface area contributed by atoms with E-state index in [1.807, 2.05) is 23.1 Å². The molecular weight excluding hydrogens is 338 g/mol. The molecule has 25 heavy (non-hydrogen) atoms. The van der Waals surface area contributed by atoms with Crippen molar-refractivity contribution < 1.29 is 13.2 Å². The summed E-state index contributed by atoms with van der Waals surface area (Å²) in [7, 11) is -3.21. The maximum absolute atomic E-state index is 12.8. The number of nitrogens with zero attached hydrogens (tertiary/aromatic N) is 3. The highest BCUT2D eigenvalue weighted by molar-refractivity contribution is 7.88. The second-order valence-corrected chi connectivity index (χ2v) is 9.03. The molecule has 2 aliphatic heterocycles. The van der Waals surface area contributed by atoms with Crippen LogP contribution >= 0.6 is 0 Å². The van der Waals surface area contributed by atoms with Crippen LogP contribution in [-0.2, 0) is 21.4 Å². The van der Waals surface area contributed by atoms with Crippen LogP contribution in [0.2, 0.25) is 0 Å². The predicted molar refractivity (Wildman–Crippen MR) is 97.4 cm³/mol. The lowest BCUT2D eigenvalue weighted by Crippen LogP contribution is -2.52. The van der Waals surface area contributed by atoms with E-state index in [-0.39, 0.29) is 11.8 Å². The number of piperazine rings is 1. The molecule has 3 rings (SSSR count). The van der Waals surface area contributed by atoms with Crippen LogP contribution in [0.25, 0.3) is 0 Å². The van der Waals surface area contributed by atoms with Gasteiger partial charge in [-0.15, -0.1) is 0 Å². The van der Waals surface area contributed by atoms with E-state index in [1.54, 1.807) is 0 Å². The Hall–Kier alpha value is -1.44. The second kappa shape index (κ2) is 7.85. The molecule has 1 aromatic carbocycles. The maximum atomic E-state index is 12.8. The van der Waals surface area contributed by atoms with Crippen LogP contribution in [0, 0.1) is 5.92 Å². The minimum atomic E-state index is -3.21. The van der Waals surface area contributed by atoms with Gasteiger partial charge in [0.2, 0.25) is 15.9 Å². The molecule has 0 aromatic heterocycles. The van der Waals surface area contributed by atoms with Crippen molar-refractivity contribution in [2.45, 2.75) is 19.4 Å². The van der Waals surface area contributed by atoms with Gasteiger partial charge < -0.3 is 4.90 Å². The summed E-state index contributed by atoms with van der Waals surface area (Å²) >= 11 is 0. The fourth-order valence-electron chi connectivity index (χ4n) is 3.67. The molecule has 6 nitrogen and oxygen atoms in total. The van der Waals surface area contributed by atoms with Gasteiger partial charge in [0.05, 0.1) is 12.2 Å². The second-order valence-electron chi connectivity index (χ2n) is 7.05. The van der Waals surface area contributed by atoms with Crippen LogP contribution in [0.3, 0.4) is 0 Å². The lowest BCUT2D eigenvalue weighted by Gasteiger charge is -2.38. The van der Waals surface area contributed by atoms with E-state index in [2.05, 4.69) is 17.0 Å². The topological polar surface area (TPSA) is 60.9 Å². The van der Waals surface area contributed by atoms with Gasteiger partial charge in [0.1, 0.15) is 0 Å². The van der Waals surface area contributed by atoms with E-state index in [1.165, 1.54) is 16.1 Å². The van der Waals surface area contributed by atoms with Crippen molar-refractivity contribution in [3.05, 3.63) is 35.9 Å². The summed E-state index contributed by atoms with van der Waals surface area (Å²) in [4.78, 5) is 17.1. The van der Waals surface area contributed by atoms with Gasteiger partial charge in [-0.05, 0) is 18.4 Å². The zero-order chi connectivity index (χ0) is 17.9. The van der Waals surface area contributed by atoms with Crippen molar-refractivity contribution in [3.63, 3.8) is 0 Å². The van der Waals surface area contributed by atoms with Gasteiger partial charge in [-0.3, -0.25) is 9.69 Å². The van der Waals surface area contributed by atoms with Crippen LogP contribution in [0.15, 0.2) is 30.3 Å². The third kappa shape index (κ3) is 4.80. The standard InChI is InChI=1S/C18H27N3O3S/c1-25(23,24)21-9-5-8-17(15-21)18(22)20-12-10-19(11-13-20)14-16-6-3-2-4-7-16/h2-4,6-7,17H,5,8-15H2,1H3/t17-/m1/s1. The fourth-order valence-corrected chi connectivity index (χ4v) is 4.58. The van der Waals surface area contributed by atoms with Crippen LogP contribution in [0.1, 0.15) is 18.4 Å². The fraction of sp³-hybridized carbons (Fsp3) is 0.611. The SMILES string of the molecule is CS(=O)(=O)N1CCC[C@@H](C(=O)N2CCN(Cc3ccccc3)CC2)C1. The van der Waals surface area contributed by atoms with E-state index < -0.39 is 10.0 Å². The molecule has 2 fully saturated rings. The van der Waals surface area contributed by atoms with Crippen molar-refractivity contribution in [2.75, 3.05) is 45.5 Å². The third-order valence-corrected chi connectivity index (χ3v) is 6.41. The zero-order valence-corrected chi connectivity index (χ0v) is 15.6. The van der Waals surface area contributed by atoms with Crippen LogP contribution < -0.4 is 0 Å². The van der Waals surface area contributed by atoms with Gasteiger partial charge in [-0.1, -0.05) is 30.3 Å². The normalized spacial score (nSPS) is 23.6. The van der Waals surface area contributed by atoms with Crippen LogP contribution in [0.4, 0.5) is 0 Å². The maximum Gasteiger partial charge on any atom is 0.227 e. The number of carbonyl (C=O) groups is 1. The number of hydrogen-bond acceptors (Lipinski definition) is 4. The number of sulfonamides is 1. The highest BCUT2D eigenvalue weighted by atomic mass is 32.2. The number of hydrogen-bond donors (Lipinski definition) is 0. The molecule has 7 heteroatoms. The first-order chi connectivity index (χ1) is 11.9. The molecule has 2 saturated heterocycles. The number of benzene rings is 1. The van der Waals surface area contributed by atoms with Gasteiger partial charge >= 0.3 is 0 Å². The van der Waals surface area contributed by atoms with Crippen molar-refractivity contribution in [2.24, 2.45) is 5.92 Å². The smallest absolute Gasteiger partial charge is 0.227 e. The van der Waals surface area contributed by atoms with Gasteiger partial charge in [-0.25, -0.2) is 12.7 Å². The average molecular weight is 365 g/mol. The van der Waals surface area contributed by atoms with Crippen LogP contribution in [0.5, 0.6) is 0 Å². The Morgan fingerprint density at radius 3 is 2.40 bits per heavy atom. The van der Waals surface area contributed by atoms with E-state index in [0.29, 0.717) is 13.1 Å². The lowest BCUT2D eigenvalue weighted by molar-refractivity contribution is -0.138. The minimum absolute atomic E-state index is 0.118. The van der Waals surface area contributed by atoms with Gasteiger partial charge in [-0.2, -0.15) is 0 Å². The van der Waals surface area contributed by atoms with Crippen molar-refractivity contribution in [3.8, 4) is 0 Å². The molecule has 1 amide bonds. The Morgan fingerprint density at radius 2 is 1.76 bits per heavy atom. The first kappa shape index (κ1) is 18.4. The van der Waals surface area contributed by atoms with Crippen LogP contribution in [-0.4, -0.2) is 74.0 Å². The first-order valence-corrected chi connectivity index (χ1v) is 10.8. The molecule has 0 saturated carbocycles. The summed E-state index contributed by atoms with van der Waals surface area (Å²) in [6, 6.07) is 10.4. The summed E-state index contributed by atoms with van der Waals surface area (Å²) in [5.41, 5.74) is 1.29. The van der Waals surface area contributed by atoms with E-state index >= 15 is 0 Å². The Morgan fingerprint density at radius 1 is 1.08 bits per heavy atom. The van der Waals surface area contributed by atoms with Gasteiger partial charge in [0.15, 0.2) is 0 Å². The molecular formula is C18H27N3O3S. The molecule has 138 valence electrons. The Bertz CT molecular complexity index is 685. The molecule has 1 aromatic rings. The van der Waals surface area contributed by atoms with Crippen molar-refractivity contribution in [1.29, 1.82) is 0 Å². The molecule has 0 bridgehead atoms.